The fourth-order valence-corrected chi connectivity index (χ4v) is 1.48. The summed E-state index contributed by atoms with van der Waals surface area (Å²) in [6, 6.07) is 3.02. The number of halogens is 5. The molecular formula is C7H2BCl2F3N-. The van der Waals surface area contributed by atoms with E-state index in [2.05, 4.69) is 0 Å². The lowest BCUT2D eigenvalue weighted by atomic mass is 9.80. The molecule has 0 aliphatic rings. The summed E-state index contributed by atoms with van der Waals surface area (Å²) >= 11 is 10.9. The van der Waals surface area contributed by atoms with Gasteiger partial charge in [-0.3, -0.25) is 0 Å². The lowest BCUT2D eigenvalue weighted by Gasteiger charge is -2.15. The molecule has 0 atom stereocenters. The number of nitrogens with zero attached hydrogens (tertiary/aromatic N) is 1. The van der Waals surface area contributed by atoms with E-state index in [-0.39, 0.29) is 15.6 Å². The SMILES string of the molecule is N#Cc1c(Cl)cc([B-](F)(F)F)cc1Cl. The predicted molar refractivity (Wildman–Crippen MR) is 49.9 cm³/mol. The first kappa shape index (κ1) is 11.2. The van der Waals surface area contributed by atoms with Gasteiger partial charge in [0.25, 0.3) is 0 Å². The van der Waals surface area contributed by atoms with Gasteiger partial charge in [-0.25, -0.2) is 0 Å². The second-order valence-electron chi connectivity index (χ2n) is 2.55. The Morgan fingerprint density at radius 2 is 1.57 bits per heavy atom. The Labute approximate surface area is 88.1 Å². The first-order valence-corrected chi connectivity index (χ1v) is 4.21. The summed E-state index contributed by atoms with van der Waals surface area (Å²) in [7, 11) is 0. The number of hydrogen-bond donors (Lipinski definition) is 0. The maximum absolute atomic E-state index is 12.2. The molecule has 0 heterocycles. The molecule has 0 aromatic heterocycles. The van der Waals surface area contributed by atoms with Crippen molar-refractivity contribution in [2.24, 2.45) is 0 Å². The minimum Gasteiger partial charge on any atom is -0.445 e. The van der Waals surface area contributed by atoms with Crippen molar-refractivity contribution in [1.82, 2.24) is 0 Å². The zero-order valence-corrected chi connectivity index (χ0v) is 8.08. The molecule has 7 heteroatoms. The summed E-state index contributed by atoms with van der Waals surface area (Å²) < 4.78 is 36.7. The first-order valence-electron chi connectivity index (χ1n) is 3.45. The largest absolute Gasteiger partial charge is 0.509 e. The van der Waals surface area contributed by atoms with E-state index in [1.807, 2.05) is 0 Å². The van der Waals surface area contributed by atoms with Crippen LogP contribution >= 0.6 is 23.2 Å². The summed E-state index contributed by atoms with van der Waals surface area (Å²) in [5.41, 5.74) is -1.05. The van der Waals surface area contributed by atoms with Crippen molar-refractivity contribution in [3.8, 4) is 6.07 Å². The Kier molecular flexibility index (Phi) is 2.98. The smallest absolute Gasteiger partial charge is 0.445 e. The molecule has 1 aromatic carbocycles. The molecule has 14 heavy (non-hydrogen) atoms. The third-order valence-electron chi connectivity index (χ3n) is 1.55. The topological polar surface area (TPSA) is 23.8 Å². The average molecular weight is 239 g/mol. The zero-order chi connectivity index (χ0) is 10.9. The third kappa shape index (κ3) is 2.14. The molecule has 1 nitrogen and oxygen atoms in total. The number of nitriles is 1. The van der Waals surface area contributed by atoms with Crippen molar-refractivity contribution in [3.05, 3.63) is 27.7 Å². The van der Waals surface area contributed by atoms with E-state index >= 15 is 0 Å². The van der Waals surface area contributed by atoms with Crippen LogP contribution < -0.4 is 5.46 Å². The normalized spacial score (nSPS) is 11.1. The van der Waals surface area contributed by atoms with Crippen molar-refractivity contribution < 1.29 is 12.9 Å². The fourth-order valence-electron chi connectivity index (χ4n) is 0.889. The van der Waals surface area contributed by atoms with Crippen LogP contribution in [0, 0.1) is 11.3 Å². The van der Waals surface area contributed by atoms with Crippen molar-refractivity contribution in [1.29, 1.82) is 5.26 Å². The summed E-state index contributed by atoms with van der Waals surface area (Å²) in [4.78, 5) is 0. The van der Waals surface area contributed by atoms with Gasteiger partial charge in [0.05, 0.1) is 15.6 Å². The van der Waals surface area contributed by atoms with Gasteiger partial charge in [0, 0.05) is 0 Å². The maximum Gasteiger partial charge on any atom is 0.509 e. The van der Waals surface area contributed by atoms with Crippen LogP contribution in [0.3, 0.4) is 0 Å². The van der Waals surface area contributed by atoms with Gasteiger partial charge < -0.3 is 12.9 Å². The molecule has 0 radical (unpaired) electrons. The van der Waals surface area contributed by atoms with Crippen molar-refractivity contribution in [3.63, 3.8) is 0 Å². The van der Waals surface area contributed by atoms with Gasteiger partial charge in [-0.2, -0.15) is 5.26 Å². The molecule has 0 bridgehead atoms. The van der Waals surface area contributed by atoms with Crippen LogP contribution in [0.4, 0.5) is 12.9 Å². The Hall–Kier alpha value is -0.855. The van der Waals surface area contributed by atoms with E-state index in [1.165, 1.54) is 0 Å². The molecule has 0 saturated heterocycles. The lowest BCUT2D eigenvalue weighted by Crippen LogP contribution is -2.34. The molecule has 0 aliphatic carbocycles. The molecule has 1 aromatic rings. The molecule has 0 N–H and O–H groups in total. The maximum atomic E-state index is 12.2. The van der Waals surface area contributed by atoms with Gasteiger partial charge >= 0.3 is 6.98 Å². The van der Waals surface area contributed by atoms with Gasteiger partial charge in [0.2, 0.25) is 0 Å². The molecule has 0 aliphatic heterocycles. The van der Waals surface area contributed by atoms with Crippen molar-refractivity contribution in [2.75, 3.05) is 0 Å². The van der Waals surface area contributed by atoms with Gasteiger partial charge in [-0.15, -0.1) is 5.46 Å². The van der Waals surface area contributed by atoms with Crippen LogP contribution in [0.1, 0.15) is 5.56 Å². The van der Waals surface area contributed by atoms with Gasteiger partial charge in [-0.1, -0.05) is 35.3 Å². The van der Waals surface area contributed by atoms with E-state index in [0.717, 1.165) is 0 Å². The Morgan fingerprint density at radius 3 is 1.86 bits per heavy atom. The highest BCUT2D eigenvalue weighted by atomic mass is 35.5. The molecule has 74 valence electrons. The fraction of sp³-hybridized carbons (Fsp3) is 0. The highest BCUT2D eigenvalue weighted by Gasteiger charge is 2.27. The monoisotopic (exact) mass is 238 g/mol. The molecule has 0 fully saturated rings. The van der Waals surface area contributed by atoms with Crippen molar-refractivity contribution >= 4 is 35.6 Å². The summed E-state index contributed by atoms with van der Waals surface area (Å²) in [5.74, 6) is 0. The van der Waals surface area contributed by atoms with Crippen LogP contribution in [0.15, 0.2) is 12.1 Å². The summed E-state index contributed by atoms with van der Waals surface area (Å²) in [5, 5.41) is 7.93. The van der Waals surface area contributed by atoms with Crippen LogP contribution in [0.2, 0.25) is 10.0 Å². The lowest BCUT2D eigenvalue weighted by molar-refractivity contribution is 0.501. The van der Waals surface area contributed by atoms with Crippen molar-refractivity contribution in [2.45, 2.75) is 0 Å². The second-order valence-corrected chi connectivity index (χ2v) is 3.36. The van der Waals surface area contributed by atoms with E-state index in [9.17, 15) is 12.9 Å². The quantitative estimate of drug-likeness (QED) is 0.691. The third-order valence-corrected chi connectivity index (χ3v) is 2.15. The van der Waals surface area contributed by atoms with E-state index in [0.29, 0.717) is 12.1 Å². The average Bonchev–Trinajstić information content (AvgIpc) is 2.01. The van der Waals surface area contributed by atoms with Crippen LogP contribution in [-0.2, 0) is 0 Å². The molecular weight excluding hydrogens is 237 g/mol. The minimum atomic E-state index is -5.14. The molecule has 0 amide bonds. The van der Waals surface area contributed by atoms with E-state index in [4.69, 9.17) is 28.5 Å². The van der Waals surface area contributed by atoms with Gasteiger partial charge in [0.1, 0.15) is 6.07 Å². The number of hydrogen-bond acceptors (Lipinski definition) is 1. The van der Waals surface area contributed by atoms with Crippen LogP contribution in [0.5, 0.6) is 0 Å². The number of benzene rings is 1. The van der Waals surface area contributed by atoms with E-state index < -0.39 is 12.4 Å². The number of rotatable bonds is 1. The Bertz CT molecular complexity index is 387. The van der Waals surface area contributed by atoms with Crippen LogP contribution in [-0.4, -0.2) is 6.98 Å². The zero-order valence-electron chi connectivity index (χ0n) is 6.57. The highest BCUT2D eigenvalue weighted by Crippen LogP contribution is 2.24. The predicted octanol–water partition coefficient (Wildman–Crippen LogP) is 2.92. The van der Waals surface area contributed by atoms with Gasteiger partial charge in [0.15, 0.2) is 0 Å². The van der Waals surface area contributed by atoms with Crippen LogP contribution in [0.25, 0.3) is 0 Å². The van der Waals surface area contributed by atoms with E-state index in [1.54, 1.807) is 6.07 Å². The summed E-state index contributed by atoms with van der Waals surface area (Å²) in [6.07, 6.45) is 0. The molecule has 0 unspecified atom stereocenters. The Morgan fingerprint density at radius 1 is 1.14 bits per heavy atom. The molecule has 1 rings (SSSR count). The highest BCUT2D eigenvalue weighted by molar-refractivity contribution is 6.74. The Balaban J connectivity index is 3.37. The molecule has 0 saturated carbocycles. The molecule has 0 spiro atoms. The minimum absolute atomic E-state index is 0.142. The standard InChI is InChI=1S/C7H2BCl2F3N/c9-6-1-4(8(11,12)13)2-7(10)5(6)3-14/h1-2H/q-1. The second kappa shape index (κ2) is 3.72. The first-order chi connectivity index (χ1) is 6.36. The summed E-state index contributed by atoms with van der Waals surface area (Å²) in [6.45, 7) is -5.14. The van der Waals surface area contributed by atoms with Gasteiger partial charge in [-0.05, 0) is 0 Å².